The highest BCUT2D eigenvalue weighted by atomic mass is 16.5. The van der Waals surface area contributed by atoms with Crippen LogP contribution in [-0.2, 0) is 11.3 Å². The first-order valence-electron chi connectivity index (χ1n) is 6.32. The number of rotatable bonds is 2. The van der Waals surface area contributed by atoms with Crippen LogP contribution in [0.15, 0.2) is 42.5 Å². The van der Waals surface area contributed by atoms with Gasteiger partial charge in [-0.25, -0.2) is 0 Å². The fourth-order valence-corrected chi connectivity index (χ4v) is 2.53. The summed E-state index contributed by atoms with van der Waals surface area (Å²) in [6.45, 7) is 2.83. The fraction of sp³-hybridized carbons (Fsp3) is 0.250. The van der Waals surface area contributed by atoms with E-state index in [1.807, 2.05) is 18.2 Å². The largest absolute Gasteiger partial charge is 0.507 e. The van der Waals surface area contributed by atoms with Crippen molar-refractivity contribution in [3.8, 4) is 16.9 Å². The summed E-state index contributed by atoms with van der Waals surface area (Å²) in [5.41, 5.74) is 4.46. The quantitative estimate of drug-likeness (QED) is 0.858. The third-order valence-corrected chi connectivity index (χ3v) is 3.52. The third-order valence-electron chi connectivity index (χ3n) is 3.52. The summed E-state index contributed by atoms with van der Waals surface area (Å²) in [6.07, 6.45) is 1.18. The van der Waals surface area contributed by atoms with E-state index in [2.05, 4.69) is 25.1 Å². The minimum Gasteiger partial charge on any atom is -0.507 e. The highest BCUT2D eigenvalue weighted by Gasteiger charge is 2.22. The number of phenolic OH excluding ortho intramolecular Hbond substituents is 1. The molecule has 92 valence electrons. The lowest BCUT2D eigenvalue weighted by atomic mass is 9.96. The minimum absolute atomic E-state index is 0.200. The van der Waals surface area contributed by atoms with Gasteiger partial charge in [-0.3, -0.25) is 0 Å². The Hall–Kier alpha value is -1.80. The van der Waals surface area contributed by atoms with Crippen molar-refractivity contribution in [1.82, 2.24) is 0 Å². The standard InChI is InChI=1S/C16H16O2/c1-2-16-14-9-11(7-8-12(14)10-18-16)13-5-3-4-6-15(13)17/h3-9,16-17H,2,10H2,1H3/t16-/m1/s1. The number of hydrogen-bond acceptors (Lipinski definition) is 2. The van der Waals surface area contributed by atoms with E-state index >= 15 is 0 Å². The first-order chi connectivity index (χ1) is 8.79. The molecule has 0 aromatic heterocycles. The van der Waals surface area contributed by atoms with Crippen LogP contribution in [-0.4, -0.2) is 5.11 Å². The Labute approximate surface area is 107 Å². The van der Waals surface area contributed by atoms with Gasteiger partial charge < -0.3 is 9.84 Å². The molecule has 2 aromatic carbocycles. The maximum absolute atomic E-state index is 9.90. The third kappa shape index (κ3) is 1.79. The van der Waals surface area contributed by atoms with Crippen LogP contribution < -0.4 is 0 Å². The van der Waals surface area contributed by atoms with Crippen molar-refractivity contribution in [2.75, 3.05) is 0 Å². The first-order valence-corrected chi connectivity index (χ1v) is 6.32. The van der Waals surface area contributed by atoms with Gasteiger partial charge in [-0.2, -0.15) is 0 Å². The van der Waals surface area contributed by atoms with Crippen LogP contribution in [0.2, 0.25) is 0 Å². The van der Waals surface area contributed by atoms with Gasteiger partial charge in [0.15, 0.2) is 0 Å². The molecule has 0 amide bonds. The van der Waals surface area contributed by atoms with Gasteiger partial charge >= 0.3 is 0 Å². The van der Waals surface area contributed by atoms with E-state index in [4.69, 9.17) is 4.74 Å². The van der Waals surface area contributed by atoms with Crippen molar-refractivity contribution in [3.63, 3.8) is 0 Å². The van der Waals surface area contributed by atoms with E-state index in [0.29, 0.717) is 12.4 Å². The number of benzene rings is 2. The van der Waals surface area contributed by atoms with Crippen molar-refractivity contribution in [2.24, 2.45) is 0 Å². The second kappa shape index (κ2) is 4.46. The first kappa shape index (κ1) is 11.3. The average Bonchev–Trinajstić information content (AvgIpc) is 2.81. The van der Waals surface area contributed by atoms with Crippen molar-refractivity contribution in [1.29, 1.82) is 0 Å². The van der Waals surface area contributed by atoms with E-state index in [1.165, 1.54) is 11.1 Å². The van der Waals surface area contributed by atoms with Crippen molar-refractivity contribution >= 4 is 0 Å². The highest BCUT2D eigenvalue weighted by Crippen LogP contribution is 2.37. The Morgan fingerprint density at radius 1 is 1.22 bits per heavy atom. The van der Waals surface area contributed by atoms with Crippen LogP contribution in [0.4, 0.5) is 0 Å². The molecule has 1 aliphatic heterocycles. The molecule has 0 unspecified atom stereocenters. The molecule has 1 N–H and O–H groups in total. The van der Waals surface area contributed by atoms with E-state index in [0.717, 1.165) is 17.5 Å². The Morgan fingerprint density at radius 2 is 2.06 bits per heavy atom. The minimum atomic E-state index is 0.200. The second-order valence-corrected chi connectivity index (χ2v) is 4.64. The maximum Gasteiger partial charge on any atom is 0.123 e. The molecular formula is C16H16O2. The monoisotopic (exact) mass is 240 g/mol. The van der Waals surface area contributed by atoms with Crippen LogP contribution in [0.1, 0.15) is 30.6 Å². The normalized spacial score (nSPS) is 17.7. The molecule has 2 aromatic rings. The van der Waals surface area contributed by atoms with Crippen LogP contribution >= 0.6 is 0 Å². The highest BCUT2D eigenvalue weighted by molar-refractivity contribution is 5.71. The van der Waals surface area contributed by atoms with Gasteiger partial charge in [-0.1, -0.05) is 37.3 Å². The Morgan fingerprint density at radius 3 is 2.83 bits per heavy atom. The van der Waals surface area contributed by atoms with E-state index in [9.17, 15) is 5.11 Å². The molecule has 1 heterocycles. The van der Waals surface area contributed by atoms with Gasteiger partial charge in [-0.05, 0) is 35.2 Å². The van der Waals surface area contributed by atoms with Crippen LogP contribution in [0.5, 0.6) is 5.75 Å². The van der Waals surface area contributed by atoms with Crippen molar-refractivity contribution in [3.05, 3.63) is 53.6 Å². The molecule has 3 rings (SSSR count). The lowest BCUT2D eigenvalue weighted by Crippen LogP contribution is -1.93. The molecule has 0 fully saturated rings. The lowest BCUT2D eigenvalue weighted by molar-refractivity contribution is 0.0637. The van der Waals surface area contributed by atoms with E-state index in [-0.39, 0.29) is 6.10 Å². The fourth-order valence-electron chi connectivity index (χ4n) is 2.53. The summed E-state index contributed by atoms with van der Waals surface area (Å²) in [5, 5.41) is 9.90. The van der Waals surface area contributed by atoms with Gasteiger partial charge in [0.1, 0.15) is 5.75 Å². The molecule has 0 saturated heterocycles. The number of hydrogen-bond donors (Lipinski definition) is 1. The molecular weight excluding hydrogens is 224 g/mol. The van der Waals surface area contributed by atoms with Gasteiger partial charge in [0.25, 0.3) is 0 Å². The molecule has 0 saturated carbocycles. The molecule has 1 atom stereocenters. The van der Waals surface area contributed by atoms with Gasteiger partial charge in [-0.15, -0.1) is 0 Å². The number of aromatic hydroxyl groups is 1. The van der Waals surface area contributed by atoms with Gasteiger partial charge in [0.2, 0.25) is 0 Å². The van der Waals surface area contributed by atoms with E-state index in [1.54, 1.807) is 6.07 Å². The Balaban J connectivity index is 2.08. The zero-order valence-corrected chi connectivity index (χ0v) is 10.4. The summed E-state index contributed by atoms with van der Waals surface area (Å²) in [7, 11) is 0. The smallest absolute Gasteiger partial charge is 0.123 e. The molecule has 2 nitrogen and oxygen atoms in total. The summed E-state index contributed by atoms with van der Waals surface area (Å²) in [4.78, 5) is 0. The van der Waals surface area contributed by atoms with Crippen LogP contribution in [0, 0.1) is 0 Å². The predicted octanol–water partition coefficient (Wildman–Crippen LogP) is 4.04. The Kier molecular flexibility index (Phi) is 2.80. The zero-order valence-electron chi connectivity index (χ0n) is 10.4. The summed E-state index contributed by atoms with van der Waals surface area (Å²) >= 11 is 0. The lowest BCUT2D eigenvalue weighted by Gasteiger charge is -2.10. The number of para-hydroxylation sites is 1. The zero-order chi connectivity index (χ0) is 12.5. The van der Waals surface area contributed by atoms with E-state index < -0.39 is 0 Å². The van der Waals surface area contributed by atoms with Crippen molar-refractivity contribution in [2.45, 2.75) is 26.1 Å². The molecule has 0 aliphatic carbocycles. The van der Waals surface area contributed by atoms with Gasteiger partial charge in [0, 0.05) is 5.56 Å². The van der Waals surface area contributed by atoms with Crippen LogP contribution in [0.25, 0.3) is 11.1 Å². The summed E-state index contributed by atoms with van der Waals surface area (Å²) in [6, 6.07) is 13.7. The second-order valence-electron chi connectivity index (χ2n) is 4.64. The average molecular weight is 240 g/mol. The molecule has 0 bridgehead atoms. The predicted molar refractivity (Wildman–Crippen MR) is 71.4 cm³/mol. The maximum atomic E-state index is 9.90. The number of fused-ring (bicyclic) bond motifs is 1. The van der Waals surface area contributed by atoms with Gasteiger partial charge in [0.05, 0.1) is 12.7 Å². The number of ether oxygens (including phenoxy) is 1. The molecule has 1 aliphatic rings. The Bertz CT molecular complexity index is 575. The molecule has 0 radical (unpaired) electrons. The summed E-state index contributed by atoms with van der Waals surface area (Å²) in [5.74, 6) is 0.324. The summed E-state index contributed by atoms with van der Waals surface area (Å²) < 4.78 is 5.73. The van der Waals surface area contributed by atoms with Crippen LogP contribution in [0.3, 0.4) is 0 Å². The SMILES string of the molecule is CC[C@H]1OCc2ccc(-c3ccccc3O)cc21. The number of phenols is 1. The molecule has 2 heteroatoms. The van der Waals surface area contributed by atoms with Crippen molar-refractivity contribution < 1.29 is 9.84 Å². The molecule has 0 spiro atoms. The topological polar surface area (TPSA) is 29.5 Å². The molecule has 18 heavy (non-hydrogen) atoms.